The Morgan fingerprint density at radius 2 is 1.97 bits per heavy atom. The number of carbonyl (C=O) groups is 1. The number of esters is 1. The Labute approximate surface area is 179 Å². The molecule has 2 rings (SSSR count). The Balaban J connectivity index is 2.06. The van der Waals surface area contributed by atoms with E-state index in [1.807, 2.05) is 26.0 Å². The predicted octanol–water partition coefficient (Wildman–Crippen LogP) is 2.85. The van der Waals surface area contributed by atoms with Crippen LogP contribution >= 0.6 is 0 Å². The van der Waals surface area contributed by atoms with Gasteiger partial charge < -0.3 is 20.1 Å². The number of rotatable bonds is 11. The van der Waals surface area contributed by atoms with Gasteiger partial charge in [-0.2, -0.15) is 0 Å². The van der Waals surface area contributed by atoms with Gasteiger partial charge in [0.15, 0.2) is 0 Å². The van der Waals surface area contributed by atoms with Crippen LogP contribution in [0.1, 0.15) is 59.3 Å². The summed E-state index contributed by atoms with van der Waals surface area (Å²) in [4.78, 5) is 16.4. The minimum atomic E-state index is -0.736. The lowest BCUT2D eigenvalue weighted by atomic mass is 9.66. The molecule has 0 saturated heterocycles. The lowest BCUT2D eigenvalue weighted by molar-refractivity contribution is -0.245. The Bertz CT molecular complexity index is 602. The van der Waals surface area contributed by atoms with E-state index in [-0.39, 0.29) is 55.2 Å². The SMILES string of the molecule is CCC(C)C(=O)OC1CC(O)C=C2C=CC(C)[C@H](CCC(O)CC(O)CCOO)C21. The standard InChI is InChI=1S/C23H38O7/c1-4-14(2)23(27)30-21-13-19(26)11-16-6-5-15(3)20(22(16)21)8-7-17(24)12-18(25)9-10-29-28/h5-6,11,14-15,17-22,24-26,28H,4,7-10,12-13H2,1-3H3/t14?,15?,17?,18?,19?,20-,21?,22?/m0/s1. The molecule has 7 unspecified atom stereocenters. The van der Waals surface area contributed by atoms with Crippen molar-refractivity contribution >= 4 is 5.97 Å². The molecule has 4 N–H and O–H groups in total. The molecular weight excluding hydrogens is 388 g/mol. The normalized spacial score (nSPS) is 31.4. The van der Waals surface area contributed by atoms with Gasteiger partial charge in [-0.15, -0.1) is 0 Å². The van der Waals surface area contributed by atoms with E-state index >= 15 is 0 Å². The lowest BCUT2D eigenvalue weighted by Crippen LogP contribution is -2.43. The maximum Gasteiger partial charge on any atom is 0.308 e. The van der Waals surface area contributed by atoms with Crippen molar-refractivity contribution in [2.75, 3.05) is 6.61 Å². The first-order chi connectivity index (χ1) is 14.3. The first-order valence-corrected chi connectivity index (χ1v) is 11.2. The van der Waals surface area contributed by atoms with Crippen molar-refractivity contribution in [1.82, 2.24) is 0 Å². The molecule has 0 amide bonds. The largest absolute Gasteiger partial charge is 0.461 e. The molecule has 172 valence electrons. The van der Waals surface area contributed by atoms with Crippen molar-refractivity contribution in [3.63, 3.8) is 0 Å². The fourth-order valence-corrected chi connectivity index (χ4v) is 4.54. The third kappa shape index (κ3) is 6.89. The number of allylic oxidation sites excluding steroid dienone is 2. The average Bonchev–Trinajstić information content (AvgIpc) is 2.70. The fraction of sp³-hybridized carbons (Fsp3) is 0.783. The van der Waals surface area contributed by atoms with Crippen LogP contribution in [0.2, 0.25) is 0 Å². The third-order valence-corrected chi connectivity index (χ3v) is 6.57. The van der Waals surface area contributed by atoms with Crippen molar-refractivity contribution in [2.24, 2.45) is 23.7 Å². The third-order valence-electron chi connectivity index (χ3n) is 6.57. The minimum absolute atomic E-state index is 0.0127. The maximum absolute atomic E-state index is 12.4. The maximum atomic E-state index is 12.4. The topological polar surface area (TPSA) is 116 Å². The van der Waals surface area contributed by atoms with Crippen molar-refractivity contribution in [2.45, 2.75) is 83.7 Å². The number of aliphatic hydroxyl groups is 3. The van der Waals surface area contributed by atoms with Gasteiger partial charge in [-0.05, 0) is 49.5 Å². The molecule has 30 heavy (non-hydrogen) atoms. The zero-order chi connectivity index (χ0) is 22.3. The number of carbonyl (C=O) groups excluding carboxylic acids is 1. The molecule has 0 radical (unpaired) electrons. The zero-order valence-corrected chi connectivity index (χ0v) is 18.3. The second kappa shape index (κ2) is 12.0. The molecule has 2 aliphatic carbocycles. The smallest absolute Gasteiger partial charge is 0.308 e. The number of fused-ring (bicyclic) bond motifs is 1. The van der Waals surface area contributed by atoms with Crippen LogP contribution in [0, 0.1) is 23.7 Å². The van der Waals surface area contributed by atoms with Crippen LogP contribution in [0.3, 0.4) is 0 Å². The molecule has 0 heterocycles. The number of hydrogen-bond acceptors (Lipinski definition) is 7. The molecule has 0 saturated carbocycles. The summed E-state index contributed by atoms with van der Waals surface area (Å²) in [6.07, 6.45) is 6.35. The molecule has 0 aromatic carbocycles. The molecule has 0 spiro atoms. The summed E-state index contributed by atoms with van der Waals surface area (Å²) >= 11 is 0. The van der Waals surface area contributed by atoms with Gasteiger partial charge in [-0.25, -0.2) is 4.89 Å². The Morgan fingerprint density at radius 1 is 1.27 bits per heavy atom. The Morgan fingerprint density at radius 3 is 2.63 bits per heavy atom. The van der Waals surface area contributed by atoms with Gasteiger partial charge in [0.1, 0.15) is 6.10 Å². The summed E-state index contributed by atoms with van der Waals surface area (Å²) in [6.45, 7) is 5.95. The Hall–Kier alpha value is -1.25. The van der Waals surface area contributed by atoms with E-state index in [1.165, 1.54) is 0 Å². The molecule has 0 aliphatic heterocycles. The fourth-order valence-electron chi connectivity index (χ4n) is 4.54. The van der Waals surface area contributed by atoms with Crippen LogP contribution in [-0.2, 0) is 14.4 Å². The van der Waals surface area contributed by atoms with Crippen molar-refractivity contribution in [1.29, 1.82) is 0 Å². The van der Waals surface area contributed by atoms with Crippen LogP contribution < -0.4 is 0 Å². The van der Waals surface area contributed by atoms with Gasteiger partial charge in [-0.3, -0.25) is 10.1 Å². The van der Waals surface area contributed by atoms with Crippen molar-refractivity contribution < 1.29 is 35.0 Å². The highest BCUT2D eigenvalue weighted by Crippen LogP contribution is 2.44. The van der Waals surface area contributed by atoms with Gasteiger partial charge in [0, 0.05) is 12.3 Å². The van der Waals surface area contributed by atoms with E-state index in [4.69, 9.17) is 9.99 Å². The summed E-state index contributed by atoms with van der Waals surface area (Å²) in [6, 6.07) is 0. The van der Waals surface area contributed by atoms with E-state index in [2.05, 4.69) is 17.9 Å². The zero-order valence-electron chi connectivity index (χ0n) is 18.3. The van der Waals surface area contributed by atoms with E-state index in [0.29, 0.717) is 25.7 Å². The van der Waals surface area contributed by atoms with Crippen LogP contribution in [0.15, 0.2) is 23.8 Å². The quantitative estimate of drug-likeness (QED) is 0.228. The van der Waals surface area contributed by atoms with Gasteiger partial charge in [0.2, 0.25) is 0 Å². The monoisotopic (exact) mass is 426 g/mol. The summed E-state index contributed by atoms with van der Waals surface area (Å²) in [5, 5.41) is 38.9. The van der Waals surface area contributed by atoms with Gasteiger partial charge in [-0.1, -0.05) is 39.0 Å². The molecule has 7 nitrogen and oxygen atoms in total. The predicted molar refractivity (Wildman–Crippen MR) is 112 cm³/mol. The second-order valence-corrected chi connectivity index (χ2v) is 8.90. The van der Waals surface area contributed by atoms with Crippen molar-refractivity contribution in [3.05, 3.63) is 23.8 Å². The van der Waals surface area contributed by atoms with E-state index in [0.717, 1.165) is 5.57 Å². The van der Waals surface area contributed by atoms with Gasteiger partial charge in [0.05, 0.1) is 30.8 Å². The summed E-state index contributed by atoms with van der Waals surface area (Å²) in [7, 11) is 0. The van der Waals surface area contributed by atoms with E-state index < -0.39 is 18.3 Å². The molecule has 8 atom stereocenters. The summed E-state index contributed by atoms with van der Waals surface area (Å²) < 4.78 is 5.86. The highest BCUT2D eigenvalue weighted by Gasteiger charge is 2.42. The van der Waals surface area contributed by atoms with Crippen LogP contribution in [0.5, 0.6) is 0 Å². The van der Waals surface area contributed by atoms with Gasteiger partial charge in [0.25, 0.3) is 0 Å². The molecule has 2 aliphatic rings. The molecule has 0 bridgehead atoms. The minimum Gasteiger partial charge on any atom is -0.461 e. The summed E-state index contributed by atoms with van der Waals surface area (Å²) in [5.41, 5.74) is 0.994. The van der Waals surface area contributed by atoms with Crippen LogP contribution in [-0.4, -0.2) is 57.6 Å². The second-order valence-electron chi connectivity index (χ2n) is 8.90. The van der Waals surface area contributed by atoms with E-state index in [9.17, 15) is 20.1 Å². The molecule has 0 aromatic rings. The molecular formula is C23H38O7. The summed E-state index contributed by atoms with van der Waals surface area (Å²) in [5.74, 6) is -0.0200. The first-order valence-electron chi connectivity index (χ1n) is 11.2. The number of ether oxygens (including phenoxy) is 1. The lowest BCUT2D eigenvalue weighted by Gasteiger charge is -2.43. The highest BCUT2D eigenvalue weighted by molar-refractivity contribution is 5.72. The van der Waals surface area contributed by atoms with Crippen molar-refractivity contribution in [3.8, 4) is 0 Å². The Kier molecular flexibility index (Phi) is 9.97. The average molecular weight is 427 g/mol. The highest BCUT2D eigenvalue weighted by atomic mass is 17.1. The molecule has 0 fully saturated rings. The number of aliphatic hydroxyl groups excluding tert-OH is 3. The van der Waals surface area contributed by atoms with E-state index in [1.54, 1.807) is 0 Å². The number of hydrogen-bond donors (Lipinski definition) is 4. The van der Waals surface area contributed by atoms with Gasteiger partial charge >= 0.3 is 5.97 Å². The van der Waals surface area contributed by atoms with Crippen LogP contribution in [0.4, 0.5) is 0 Å². The molecule has 7 heteroatoms. The molecule has 0 aromatic heterocycles. The van der Waals surface area contributed by atoms with Crippen LogP contribution in [0.25, 0.3) is 0 Å². The first kappa shape index (κ1) is 25.0.